The predicted octanol–water partition coefficient (Wildman–Crippen LogP) is -3.27. The van der Waals surface area contributed by atoms with Crippen LogP contribution in [0.3, 0.4) is 0 Å². The van der Waals surface area contributed by atoms with E-state index in [2.05, 4.69) is 0 Å². The van der Waals surface area contributed by atoms with Gasteiger partial charge in [0.05, 0.1) is 0 Å². The quantitative estimate of drug-likeness (QED) is 0.365. The Morgan fingerprint density at radius 1 is 0.778 bits per heavy atom. The van der Waals surface area contributed by atoms with E-state index in [0.717, 1.165) is 0 Å². The fraction of sp³-hybridized carbons (Fsp3) is 0. The van der Waals surface area contributed by atoms with Crippen molar-refractivity contribution < 1.29 is 54.5 Å². The summed E-state index contributed by atoms with van der Waals surface area (Å²) in [6, 6.07) is 0. The van der Waals surface area contributed by atoms with Gasteiger partial charge in [-0.15, -0.1) is 0 Å². The van der Waals surface area contributed by atoms with Crippen molar-refractivity contribution in [1.29, 1.82) is 0 Å². The average Bonchev–Trinajstić information content (AvgIpc) is 1.25. The van der Waals surface area contributed by atoms with Gasteiger partial charge in [-0.1, -0.05) is 0 Å². The third kappa shape index (κ3) is 4.56. The normalized spacial score (nSPS) is 12.4. The van der Waals surface area contributed by atoms with Crippen LogP contribution in [-0.4, -0.2) is 0 Å². The molecule has 0 unspecified atom stereocenters. The summed E-state index contributed by atoms with van der Waals surface area (Å²) in [5.74, 6) is 0. The second kappa shape index (κ2) is 3.53. The van der Waals surface area contributed by atoms with Crippen LogP contribution in [0.1, 0.15) is 0 Å². The van der Waals surface area contributed by atoms with Gasteiger partial charge >= 0.3 is 25.8 Å². The third-order valence-corrected chi connectivity index (χ3v) is 2.70. The van der Waals surface area contributed by atoms with Gasteiger partial charge in [-0.3, -0.25) is 0 Å². The largest absolute Gasteiger partial charge is 4.00 e. The zero-order valence-corrected chi connectivity index (χ0v) is 9.23. The first-order valence-electron chi connectivity index (χ1n) is 1.30. The Morgan fingerprint density at radius 3 is 0.889 bits per heavy atom. The first kappa shape index (κ1) is 12.8. The molecule has 0 aliphatic heterocycles. The molecule has 0 aliphatic rings. The molecule has 0 bridgehead atoms. The van der Waals surface area contributed by atoms with E-state index in [9.17, 15) is 28.7 Å². The van der Waals surface area contributed by atoms with Crippen LogP contribution in [0.2, 0.25) is 0 Å². The molecule has 0 saturated carbocycles. The molecule has 9 heavy (non-hydrogen) atoms. The molecule has 0 aliphatic carbocycles. The molecule has 0 fully saturated rings. The molecule has 9 heteroatoms. The molecule has 6 nitrogen and oxygen atoms in total. The van der Waals surface area contributed by atoms with Crippen LogP contribution >= 0.6 is 14.6 Å². The van der Waals surface area contributed by atoms with Gasteiger partial charge in [-0.25, -0.2) is 0 Å². The zero-order chi connectivity index (χ0) is 7.00. The SMILES string of the molecule is O=P([O-])([O-])P(=O)([O-])[O-].[Hf+4]. The maximum Gasteiger partial charge on any atom is 4.00 e. The van der Waals surface area contributed by atoms with Gasteiger partial charge < -0.3 is 28.7 Å². The van der Waals surface area contributed by atoms with Gasteiger partial charge in [-0.2, -0.15) is 0 Å². The van der Waals surface area contributed by atoms with Gasteiger partial charge in [0.15, 0.2) is 0 Å². The first-order chi connectivity index (χ1) is 3.25. The Balaban J connectivity index is 0. The second-order valence-electron chi connectivity index (χ2n) is 0.937. The van der Waals surface area contributed by atoms with E-state index in [-0.39, 0.29) is 25.8 Å². The molecule has 0 aromatic heterocycles. The number of rotatable bonds is 1. The Kier molecular flexibility index (Phi) is 5.02. The molecule has 0 aromatic rings. The minimum atomic E-state index is -5.91. The van der Waals surface area contributed by atoms with Crippen molar-refractivity contribution in [1.82, 2.24) is 0 Å². The molecule has 0 rings (SSSR count). The van der Waals surface area contributed by atoms with Crippen LogP contribution < -0.4 is 19.6 Å². The van der Waals surface area contributed by atoms with Crippen molar-refractivity contribution in [3.05, 3.63) is 0 Å². The van der Waals surface area contributed by atoms with Crippen molar-refractivity contribution in [2.75, 3.05) is 0 Å². The average molecular weight is 336 g/mol. The minimum absolute atomic E-state index is 0. The molecule has 0 saturated heterocycles. The third-order valence-electron chi connectivity index (χ3n) is 0.300. The van der Waals surface area contributed by atoms with Crippen LogP contribution in [0, 0.1) is 0 Å². The van der Waals surface area contributed by atoms with Crippen LogP contribution in [0.25, 0.3) is 0 Å². The van der Waals surface area contributed by atoms with Gasteiger partial charge in [0.1, 0.15) is 0 Å². The molecular weight excluding hydrogens is 336 g/mol. The molecule has 50 valence electrons. The fourth-order valence-electron chi connectivity index (χ4n) is 0. The van der Waals surface area contributed by atoms with Crippen molar-refractivity contribution in [2.45, 2.75) is 0 Å². The standard InChI is InChI=1S/Hf.H4O6P2/c;1-7(2,3)8(4,5)6/h;(H2,1,2,3)(H2,4,5,6)/q+4;/p-4. The molecule has 0 N–H and O–H groups in total. The molecule has 0 aromatic carbocycles. The summed E-state index contributed by atoms with van der Waals surface area (Å²) in [6.07, 6.45) is 0. The van der Waals surface area contributed by atoms with Crippen molar-refractivity contribution in [3.63, 3.8) is 0 Å². The Labute approximate surface area is 69.3 Å². The van der Waals surface area contributed by atoms with Crippen LogP contribution in [0.5, 0.6) is 0 Å². The molecule has 0 radical (unpaired) electrons. The van der Waals surface area contributed by atoms with E-state index >= 15 is 0 Å². The predicted molar refractivity (Wildman–Crippen MR) is 15.2 cm³/mol. The summed E-state index contributed by atoms with van der Waals surface area (Å²) in [6.45, 7) is 0. The smallest absolute Gasteiger partial charge is 0.807 e. The van der Waals surface area contributed by atoms with Crippen molar-refractivity contribution in [2.24, 2.45) is 0 Å². The van der Waals surface area contributed by atoms with Crippen LogP contribution in [-0.2, 0) is 35.0 Å². The topological polar surface area (TPSA) is 126 Å². The molecule has 0 spiro atoms. The van der Waals surface area contributed by atoms with E-state index in [1.807, 2.05) is 0 Å². The summed E-state index contributed by atoms with van der Waals surface area (Å²) < 4.78 is 18.5. The fourth-order valence-corrected chi connectivity index (χ4v) is 0. The van der Waals surface area contributed by atoms with E-state index in [0.29, 0.717) is 0 Å². The van der Waals surface area contributed by atoms with E-state index in [4.69, 9.17) is 0 Å². The van der Waals surface area contributed by atoms with E-state index in [1.165, 1.54) is 0 Å². The van der Waals surface area contributed by atoms with E-state index < -0.39 is 14.6 Å². The molecule has 0 heterocycles. The Morgan fingerprint density at radius 2 is 0.889 bits per heavy atom. The maximum absolute atomic E-state index is 9.24. The van der Waals surface area contributed by atoms with Crippen LogP contribution in [0.4, 0.5) is 0 Å². The van der Waals surface area contributed by atoms with Gasteiger partial charge in [0.25, 0.3) is 0 Å². The second-order valence-corrected chi connectivity index (χ2v) is 5.75. The zero-order valence-electron chi connectivity index (χ0n) is 3.84. The van der Waals surface area contributed by atoms with E-state index in [1.54, 1.807) is 0 Å². The first-order valence-corrected chi connectivity index (χ1v) is 5.09. The van der Waals surface area contributed by atoms with Gasteiger partial charge in [-0.05, 0) is 14.6 Å². The summed E-state index contributed by atoms with van der Waals surface area (Å²) in [5, 5.41) is 0. The molecule has 0 atom stereocenters. The van der Waals surface area contributed by atoms with Crippen molar-refractivity contribution in [3.8, 4) is 0 Å². The number of hydrogen-bond donors (Lipinski definition) is 0. The number of hydrogen-bond acceptors (Lipinski definition) is 6. The summed E-state index contributed by atoms with van der Waals surface area (Å²) in [5.41, 5.74) is 0. The summed E-state index contributed by atoms with van der Waals surface area (Å²) >= 11 is 0. The van der Waals surface area contributed by atoms with Crippen molar-refractivity contribution >= 4 is 14.6 Å². The Bertz CT molecular complexity index is 140. The maximum atomic E-state index is 9.24. The van der Waals surface area contributed by atoms with Gasteiger partial charge in [0.2, 0.25) is 0 Å². The summed E-state index contributed by atoms with van der Waals surface area (Å²) in [4.78, 5) is 36.9. The van der Waals surface area contributed by atoms with Crippen LogP contribution in [0.15, 0.2) is 0 Å². The molecular formula is HfO6P2. The minimum Gasteiger partial charge on any atom is -0.807 e. The monoisotopic (exact) mass is 338 g/mol. The van der Waals surface area contributed by atoms with Gasteiger partial charge in [0, 0.05) is 0 Å². The molecule has 0 amide bonds. The Hall–Kier alpha value is 1.17. The summed E-state index contributed by atoms with van der Waals surface area (Å²) in [7, 11) is -11.8.